The van der Waals surface area contributed by atoms with Gasteiger partial charge in [0.25, 0.3) is 11.8 Å². The van der Waals surface area contributed by atoms with E-state index in [1.807, 2.05) is 0 Å². The maximum absolute atomic E-state index is 13.5. The van der Waals surface area contributed by atoms with E-state index in [1.54, 1.807) is 13.8 Å². The molecule has 0 radical (unpaired) electrons. The molecule has 0 saturated heterocycles. The summed E-state index contributed by atoms with van der Waals surface area (Å²) >= 11 is 0. The number of carbonyl (C=O) groups is 2. The molecule has 120 valence electrons. The number of halogens is 2. The summed E-state index contributed by atoms with van der Waals surface area (Å²) in [4.78, 5) is 27.9. The first-order valence-corrected chi connectivity index (χ1v) is 6.91. The fraction of sp³-hybridized carbons (Fsp3) is 0.188. The first-order chi connectivity index (χ1) is 10.9. The van der Waals surface area contributed by atoms with Crippen molar-refractivity contribution in [2.45, 2.75) is 19.9 Å². The lowest BCUT2D eigenvalue weighted by Gasteiger charge is -2.09. The number of anilines is 1. The van der Waals surface area contributed by atoms with Crippen molar-refractivity contribution in [3.8, 4) is 0 Å². The summed E-state index contributed by atoms with van der Waals surface area (Å²) in [7, 11) is 0. The fourth-order valence-electron chi connectivity index (χ4n) is 1.82. The van der Waals surface area contributed by atoms with Gasteiger partial charge in [0.1, 0.15) is 28.7 Å². The first-order valence-electron chi connectivity index (χ1n) is 6.91. The van der Waals surface area contributed by atoms with Crippen LogP contribution in [0, 0.1) is 11.6 Å². The topological polar surface area (TPSA) is 71.1 Å². The molecule has 7 heteroatoms. The Morgan fingerprint density at radius 1 is 0.957 bits per heavy atom. The third kappa shape index (κ3) is 4.09. The van der Waals surface area contributed by atoms with Gasteiger partial charge >= 0.3 is 0 Å². The number of hydrogen-bond donors (Lipinski definition) is 2. The van der Waals surface area contributed by atoms with Crippen LogP contribution < -0.4 is 10.6 Å². The van der Waals surface area contributed by atoms with Crippen molar-refractivity contribution in [1.82, 2.24) is 10.3 Å². The van der Waals surface area contributed by atoms with Gasteiger partial charge in [-0.2, -0.15) is 0 Å². The van der Waals surface area contributed by atoms with Crippen molar-refractivity contribution in [3.05, 3.63) is 59.4 Å². The van der Waals surface area contributed by atoms with Crippen LogP contribution in [-0.2, 0) is 0 Å². The van der Waals surface area contributed by atoms with Gasteiger partial charge in [0.05, 0.1) is 0 Å². The minimum absolute atomic E-state index is 0.0420. The molecule has 2 aromatic rings. The number of aromatic nitrogens is 1. The molecular formula is C16H15F2N3O2. The maximum atomic E-state index is 13.5. The Morgan fingerprint density at radius 3 is 2.04 bits per heavy atom. The van der Waals surface area contributed by atoms with Gasteiger partial charge in [-0.15, -0.1) is 0 Å². The molecule has 23 heavy (non-hydrogen) atoms. The summed E-state index contributed by atoms with van der Waals surface area (Å²) < 4.78 is 27.1. The zero-order chi connectivity index (χ0) is 17.0. The third-order valence-corrected chi connectivity index (χ3v) is 2.84. The lowest BCUT2D eigenvalue weighted by atomic mass is 10.2. The average molecular weight is 319 g/mol. The molecule has 0 bridgehead atoms. The quantitative estimate of drug-likeness (QED) is 0.910. The van der Waals surface area contributed by atoms with Gasteiger partial charge in [-0.1, -0.05) is 12.1 Å². The molecule has 0 atom stereocenters. The molecule has 1 heterocycles. The Labute approximate surface area is 131 Å². The minimum Gasteiger partial charge on any atom is -0.349 e. The molecule has 0 aliphatic carbocycles. The molecule has 2 amide bonds. The van der Waals surface area contributed by atoms with Crippen LogP contribution in [0.2, 0.25) is 0 Å². The number of nitrogens with zero attached hydrogens (tertiary/aromatic N) is 1. The van der Waals surface area contributed by atoms with Crippen LogP contribution in [0.5, 0.6) is 0 Å². The second-order valence-electron chi connectivity index (χ2n) is 5.09. The lowest BCUT2D eigenvalue weighted by Crippen LogP contribution is -2.31. The highest BCUT2D eigenvalue weighted by Crippen LogP contribution is 2.18. The first kappa shape index (κ1) is 16.5. The van der Waals surface area contributed by atoms with Crippen molar-refractivity contribution in [2.24, 2.45) is 0 Å². The summed E-state index contributed by atoms with van der Waals surface area (Å²) in [6.07, 6.45) is 0. The van der Waals surface area contributed by atoms with Crippen LogP contribution in [0.25, 0.3) is 0 Å². The standard InChI is InChI=1S/C16H15F2N3O2/c1-9(2)19-15(22)12-7-4-8-13(20-12)16(23)21-14-10(17)5-3-6-11(14)18/h3-9H,1-2H3,(H,19,22)(H,21,23). The van der Waals surface area contributed by atoms with Gasteiger partial charge in [-0.3, -0.25) is 9.59 Å². The Hall–Kier alpha value is -2.83. The van der Waals surface area contributed by atoms with E-state index in [2.05, 4.69) is 15.6 Å². The highest BCUT2D eigenvalue weighted by atomic mass is 19.1. The molecule has 0 aliphatic rings. The summed E-state index contributed by atoms with van der Waals surface area (Å²) in [5, 5.41) is 4.76. The molecule has 1 aromatic heterocycles. The summed E-state index contributed by atoms with van der Waals surface area (Å²) in [6, 6.07) is 7.41. The average Bonchev–Trinajstić information content (AvgIpc) is 2.50. The van der Waals surface area contributed by atoms with Gasteiger partial charge in [0, 0.05) is 6.04 Å². The van der Waals surface area contributed by atoms with E-state index in [4.69, 9.17) is 0 Å². The van der Waals surface area contributed by atoms with Crippen LogP contribution in [0.4, 0.5) is 14.5 Å². The van der Waals surface area contributed by atoms with E-state index in [1.165, 1.54) is 24.3 Å². The van der Waals surface area contributed by atoms with E-state index in [0.29, 0.717) is 0 Å². The molecule has 0 spiro atoms. The third-order valence-electron chi connectivity index (χ3n) is 2.84. The van der Waals surface area contributed by atoms with E-state index in [-0.39, 0.29) is 17.4 Å². The van der Waals surface area contributed by atoms with Gasteiger partial charge in [-0.05, 0) is 38.1 Å². The van der Waals surface area contributed by atoms with E-state index < -0.39 is 29.1 Å². The molecule has 2 rings (SSSR count). The number of carbonyl (C=O) groups excluding carboxylic acids is 2. The van der Waals surface area contributed by atoms with Gasteiger partial charge in [0.15, 0.2) is 0 Å². The largest absolute Gasteiger partial charge is 0.349 e. The maximum Gasteiger partial charge on any atom is 0.274 e. The zero-order valence-corrected chi connectivity index (χ0v) is 12.6. The zero-order valence-electron chi connectivity index (χ0n) is 12.6. The van der Waals surface area contributed by atoms with Crippen molar-refractivity contribution in [1.29, 1.82) is 0 Å². The second-order valence-corrected chi connectivity index (χ2v) is 5.09. The monoisotopic (exact) mass is 319 g/mol. The molecular weight excluding hydrogens is 304 g/mol. The molecule has 0 aliphatic heterocycles. The predicted molar refractivity (Wildman–Crippen MR) is 81.2 cm³/mol. The Kier molecular flexibility index (Phi) is 5.00. The van der Waals surface area contributed by atoms with Crippen molar-refractivity contribution < 1.29 is 18.4 Å². The molecule has 0 saturated carbocycles. The van der Waals surface area contributed by atoms with E-state index in [9.17, 15) is 18.4 Å². The second kappa shape index (κ2) is 6.95. The predicted octanol–water partition coefficient (Wildman–Crippen LogP) is 2.75. The highest BCUT2D eigenvalue weighted by Gasteiger charge is 2.16. The number of para-hydroxylation sites is 1. The number of hydrogen-bond acceptors (Lipinski definition) is 3. The number of benzene rings is 1. The molecule has 2 N–H and O–H groups in total. The number of nitrogens with one attached hydrogen (secondary N) is 2. The minimum atomic E-state index is -0.896. The van der Waals surface area contributed by atoms with Gasteiger partial charge in [0.2, 0.25) is 0 Å². The highest BCUT2D eigenvalue weighted by molar-refractivity contribution is 6.04. The molecule has 0 unspecified atom stereocenters. The van der Waals surface area contributed by atoms with Crippen LogP contribution in [-0.4, -0.2) is 22.8 Å². The van der Waals surface area contributed by atoms with Crippen molar-refractivity contribution >= 4 is 17.5 Å². The van der Waals surface area contributed by atoms with Crippen LogP contribution in [0.3, 0.4) is 0 Å². The number of amides is 2. The summed E-state index contributed by atoms with van der Waals surface area (Å²) in [5.74, 6) is -3.04. The van der Waals surface area contributed by atoms with Crippen molar-refractivity contribution in [2.75, 3.05) is 5.32 Å². The van der Waals surface area contributed by atoms with Crippen LogP contribution in [0.15, 0.2) is 36.4 Å². The fourth-order valence-corrected chi connectivity index (χ4v) is 1.82. The van der Waals surface area contributed by atoms with E-state index >= 15 is 0 Å². The SMILES string of the molecule is CC(C)NC(=O)c1cccc(C(=O)Nc2c(F)cccc2F)n1. The van der Waals surface area contributed by atoms with Gasteiger partial charge in [-0.25, -0.2) is 13.8 Å². The van der Waals surface area contributed by atoms with Gasteiger partial charge < -0.3 is 10.6 Å². The van der Waals surface area contributed by atoms with E-state index in [0.717, 1.165) is 12.1 Å². The molecule has 0 fully saturated rings. The number of rotatable bonds is 4. The smallest absolute Gasteiger partial charge is 0.274 e. The Bertz CT molecular complexity index is 728. The van der Waals surface area contributed by atoms with Crippen LogP contribution >= 0.6 is 0 Å². The number of pyridine rings is 1. The van der Waals surface area contributed by atoms with Crippen molar-refractivity contribution in [3.63, 3.8) is 0 Å². The summed E-state index contributed by atoms with van der Waals surface area (Å²) in [5.41, 5.74) is -0.638. The molecule has 5 nitrogen and oxygen atoms in total. The lowest BCUT2D eigenvalue weighted by molar-refractivity contribution is 0.0938. The summed E-state index contributed by atoms with van der Waals surface area (Å²) in [6.45, 7) is 3.57. The Balaban J connectivity index is 2.22. The normalized spacial score (nSPS) is 10.5. The molecule has 1 aromatic carbocycles. The Morgan fingerprint density at radius 2 is 1.48 bits per heavy atom. The van der Waals surface area contributed by atoms with Crippen LogP contribution in [0.1, 0.15) is 34.8 Å².